The highest BCUT2D eigenvalue weighted by Crippen LogP contribution is 2.28. The van der Waals surface area contributed by atoms with Crippen molar-refractivity contribution in [1.29, 1.82) is 0 Å². The van der Waals surface area contributed by atoms with Gasteiger partial charge in [0.25, 0.3) is 0 Å². The summed E-state index contributed by atoms with van der Waals surface area (Å²) < 4.78 is 0. The van der Waals surface area contributed by atoms with Crippen molar-refractivity contribution in [2.75, 3.05) is 0 Å². The lowest BCUT2D eigenvalue weighted by Gasteiger charge is -2.42. The third-order valence-corrected chi connectivity index (χ3v) is 3.19. The molecule has 1 aliphatic heterocycles. The molecule has 1 amide bonds. The first-order chi connectivity index (χ1) is 6.43. The fourth-order valence-corrected chi connectivity index (χ4v) is 2.65. The van der Waals surface area contributed by atoms with Crippen LogP contribution in [0.3, 0.4) is 0 Å². The molecule has 0 radical (unpaired) electrons. The molecule has 0 aromatic heterocycles. The van der Waals surface area contributed by atoms with Gasteiger partial charge in [-0.25, -0.2) is 0 Å². The molecule has 1 rings (SSSR count). The molecule has 0 bridgehead atoms. The van der Waals surface area contributed by atoms with Crippen molar-refractivity contribution < 1.29 is 4.79 Å². The topological polar surface area (TPSA) is 20.3 Å². The maximum Gasteiger partial charge on any atom is 0.225 e. The molecule has 2 nitrogen and oxygen atoms in total. The van der Waals surface area contributed by atoms with Crippen LogP contribution >= 0.6 is 0 Å². The van der Waals surface area contributed by atoms with E-state index >= 15 is 0 Å². The number of carbonyl (C=O) groups excluding carboxylic acids is 1. The lowest BCUT2D eigenvalue weighted by molar-refractivity contribution is -0.141. The molecule has 14 heavy (non-hydrogen) atoms. The quantitative estimate of drug-likeness (QED) is 0.633. The zero-order valence-corrected chi connectivity index (χ0v) is 10.1. The Morgan fingerprint density at radius 1 is 1.14 bits per heavy atom. The Morgan fingerprint density at radius 2 is 1.57 bits per heavy atom. The molecular weight excluding hydrogens is 174 g/mol. The summed E-state index contributed by atoms with van der Waals surface area (Å²) in [6.45, 7) is 10.6. The van der Waals surface area contributed by atoms with Gasteiger partial charge in [0, 0.05) is 18.0 Å². The van der Waals surface area contributed by atoms with Gasteiger partial charge in [0.05, 0.1) is 0 Å². The van der Waals surface area contributed by atoms with E-state index in [4.69, 9.17) is 0 Å². The number of piperidine rings is 1. The lowest BCUT2D eigenvalue weighted by Crippen LogP contribution is -2.50. The molecule has 1 saturated heterocycles. The Morgan fingerprint density at radius 3 is 1.93 bits per heavy atom. The second kappa shape index (κ2) is 4.33. The second-order valence-electron chi connectivity index (χ2n) is 5.17. The van der Waals surface area contributed by atoms with Crippen molar-refractivity contribution in [2.24, 2.45) is 11.8 Å². The van der Waals surface area contributed by atoms with Crippen LogP contribution in [0.4, 0.5) is 0 Å². The van der Waals surface area contributed by atoms with Crippen LogP contribution in [-0.4, -0.2) is 22.9 Å². The van der Waals surface area contributed by atoms with Gasteiger partial charge >= 0.3 is 0 Å². The minimum Gasteiger partial charge on any atom is -0.337 e. The largest absolute Gasteiger partial charge is 0.337 e. The first-order valence-corrected chi connectivity index (χ1v) is 5.75. The minimum atomic E-state index is 0.133. The van der Waals surface area contributed by atoms with E-state index in [1.807, 2.05) is 13.8 Å². The van der Waals surface area contributed by atoms with E-state index in [9.17, 15) is 4.79 Å². The van der Waals surface area contributed by atoms with E-state index in [-0.39, 0.29) is 5.92 Å². The van der Waals surface area contributed by atoms with Crippen molar-refractivity contribution >= 4 is 5.91 Å². The summed E-state index contributed by atoms with van der Waals surface area (Å²) in [5.41, 5.74) is 0. The van der Waals surface area contributed by atoms with Crippen molar-refractivity contribution in [3.63, 3.8) is 0 Å². The summed E-state index contributed by atoms with van der Waals surface area (Å²) in [5, 5.41) is 0. The molecule has 0 aliphatic carbocycles. The number of hydrogen-bond acceptors (Lipinski definition) is 1. The molecular formula is C12H23NO. The van der Waals surface area contributed by atoms with Crippen LogP contribution in [0, 0.1) is 11.8 Å². The van der Waals surface area contributed by atoms with Crippen LogP contribution in [0.15, 0.2) is 0 Å². The number of nitrogens with zero attached hydrogens (tertiary/aromatic N) is 1. The molecule has 1 aliphatic rings. The van der Waals surface area contributed by atoms with Crippen molar-refractivity contribution in [3.8, 4) is 0 Å². The maximum atomic E-state index is 12.0. The summed E-state index contributed by atoms with van der Waals surface area (Å²) >= 11 is 0. The third kappa shape index (κ3) is 2.28. The molecule has 0 spiro atoms. The van der Waals surface area contributed by atoms with E-state index in [0.29, 0.717) is 18.0 Å². The SMILES string of the molecule is CC1C[C@H](C)N(C(=O)C(C)C)[C@@H](C)C1. The van der Waals surface area contributed by atoms with Gasteiger partial charge in [0.15, 0.2) is 0 Å². The average Bonchev–Trinajstić information content (AvgIpc) is 2.01. The molecule has 0 N–H and O–H groups in total. The van der Waals surface area contributed by atoms with Crippen molar-refractivity contribution in [1.82, 2.24) is 4.90 Å². The Kier molecular flexibility index (Phi) is 3.57. The lowest BCUT2D eigenvalue weighted by atomic mass is 9.88. The molecule has 2 atom stereocenters. The van der Waals surface area contributed by atoms with E-state index < -0.39 is 0 Å². The van der Waals surface area contributed by atoms with Crippen LogP contribution in [0.2, 0.25) is 0 Å². The number of likely N-dealkylation sites (tertiary alicyclic amines) is 1. The summed E-state index contributed by atoms with van der Waals surface area (Å²) in [7, 11) is 0. The molecule has 1 fully saturated rings. The van der Waals surface area contributed by atoms with Crippen molar-refractivity contribution in [2.45, 2.75) is 59.5 Å². The van der Waals surface area contributed by atoms with E-state index in [0.717, 1.165) is 18.8 Å². The van der Waals surface area contributed by atoms with Gasteiger partial charge in [-0.15, -0.1) is 0 Å². The van der Waals surface area contributed by atoms with E-state index in [2.05, 4.69) is 25.7 Å². The summed E-state index contributed by atoms with van der Waals surface area (Å²) in [6.07, 6.45) is 2.31. The molecule has 1 heterocycles. The third-order valence-electron chi connectivity index (χ3n) is 3.19. The van der Waals surface area contributed by atoms with Crippen LogP contribution in [-0.2, 0) is 4.79 Å². The van der Waals surface area contributed by atoms with Crippen LogP contribution in [0.25, 0.3) is 0 Å². The van der Waals surface area contributed by atoms with Crippen molar-refractivity contribution in [3.05, 3.63) is 0 Å². The zero-order chi connectivity index (χ0) is 10.9. The molecule has 2 heteroatoms. The van der Waals surface area contributed by atoms with Crippen LogP contribution in [0.1, 0.15) is 47.5 Å². The van der Waals surface area contributed by atoms with Crippen LogP contribution in [0.5, 0.6) is 0 Å². The maximum absolute atomic E-state index is 12.0. The average molecular weight is 197 g/mol. The summed E-state index contributed by atoms with van der Waals surface area (Å²) in [5.74, 6) is 1.21. The van der Waals surface area contributed by atoms with Gasteiger partial charge in [-0.1, -0.05) is 20.8 Å². The van der Waals surface area contributed by atoms with Gasteiger partial charge in [0.2, 0.25) is 5.91 Å². The van der Waals surface area contributed by atoms with Gasteiger partial charge in [-0.2, -0.15) is 0 Å². The molecule has 0 saturated carbocycles. The second-order valence-corrected chi connectivity index (χ2v) is 5.17. The zero-order valence-electron chi connectivity index (χ0n) is 10.1. The predicted octanol–water partition coefficient (Wildman–Crippen LogP) is 2.68. The number of carbonyl (C=O) groups is 1. The predicted molar refractivity (Wildman–Crippen MR) is 59.0 cm³/mol. The highest BCUT2D eigenvalue weighted by atomic mass is 16.2. The normalized spacial score (nSPS) is 33.6. The van der Waals surface area contributed by atoms with E-state index in [1.54, 1.807) is 0 Å². The Bertz CT molecular complexity index is 200. The van der Waals surface area contributed by atoms with Gasteiger partial charge in [0.1, 0.15) is 0 Å². The number of amides is 1. The van der Waals surface area contributed by atoms with Gasteiger partial charge in [-0.05, 0) is 32.6 Å². The Labute approximate surface area is 87.7 Å². The van der Waals surface area contributed by atoms with Gasteiger partial charge in [-0.3, -0.25) is 4.79 Å². The first kappa shape index (κ1) is 11.5. The highest BCUT2D eigenvalue weighted by molar-refractivity contribution is 5.78. The summed E-state index contributed by atoms with van der Waals surface area (Å²) in [6, 6.07) is 0.840. The monoisotopic (exact) mass is 197 g/mol. The summed E-state index contributed by atoms with van der Waals surface area (Å²) in [4.78, 5) is 14.0. The molecule has 82 valence electrons. The minimum absolute atomic E-state index is 0.133. The first-order valence-electron chi connectivity index (χ1n) is 5.75. The Hall–Kier alpha value is -0.530. The molecule has 0 aromatic rings. The molecule has 0 aromatic carbocycles. The standard InChI is InChI=1S/C12H23NO/c1-8(2)12(14)13-10(4)6-9(3)7-11(13)5/h8-11H,6-7H2,1-5H3/t10-,11-/m0/s1. The Balaban J connectivity index is 2.72. The fraction of sp³-hybridized carbons (Fsp3) is 0.917. The van der Waals surface area contributed by atoms with E-state index in [1.165, 1.54) is 0 Å². The van der Waals surface area contributed by atoms with Crippen LogP contribution < -0.4 is 0 Å². The number of hydrogen-bond donors (Lipinski definition) is 0. The molecule has 0 unspecified atom stereocenters. The highest BCUT2D eigenvalue weighted by Gasteiger charge is 2.32. The smallest absolute Gasteiger partial charge is 0.225 e. The number of rotatable bonds is 1. The fourth-order valence-electron chi connectivity index (χ4n) is 2.65. The van der Waals surface area contributed by atoms with Gasteiger partial charge < -0.3 is 4.90 Å².